The molecular weight excluding hydrogens is 182 g/mol. The van der Waals surface area contributed by atoms with Crippen molar-refractivity contribution in [2.45, 2.75) is 32.2 Å². The van der Waals surface area contributed by atoms with E-state index in [2.05, 4.69) is 10.1 Å². The molecule has 4 nitrogen and oxygen atoms in total. The number of hydrogen-bond donors (Lipinski definition) is 2. The van der Waals surface area contributed by atoms with Crippen LogP contribution in [0.5, 0.6) is 0 Å². The third-order valence-electron chi connectivity index (χ3n) is 2.82. The molecule has 1 unspecified atom stereocenters. The Morgan fingerprint density at radius 1 is 1.64 bits per heavy atom. The summed E-state index contributed by atoms with van der Waals surface area (Å²) < 4.78 is 4.57. The summed E-state index contributed by atoms with van der Waals surface area (Å²) in [6, 6.07) is 0.117. The molecule has 0 aromatic heterocycles. The second kappa shape index (κ2) is 4.75. The van der Waals surface area contributed by atoms with Crippen LogP contribution in [-0.2, 0) is 9.53 Å². The Kier molecular flexibility index (Phi) is 3.89. The standard InChI is InChI=1S/C10H19NO3/c1-8(5-9(13)14-2)11-6-10(7-12)3-4-10/h8,11-12H,3-7H2,1-2H3. The van der Waals surface area contributed by atoms with Gasteiger partial charge >= 0.3 is 5.97 Å². The summed E-state index contributed by atoms with van der Waals surface area (Å²) in [6.07, 6.45) is 2.56. The van der Waals surface area contributed by atoms with E-state index in [1.165, 1.54) is 7.11 Å². The normalized spacial score (nSPS) is 20.2. The molecule has 0 aromatic rings. The number of carbonyl (C=O) groups excluding carboxylic acids is 1. The molecule has 0 amide bonds. The van der Waals surface area contributed by atoms with E-state index in [0.717, 1.165) is 19.4 Å². The fourth-order valence-corrected chi connectivity index (χ4v) is 1.36. The number of hydrogen-bond acceptors (Lipinski definition) is 4. The third-order valence-corrected chi connectivity index (χ3v) is 2.82. The van der Waals surface area contributed by atoms with Gasteiger partial charge in [-0.25, -0.2) is 0 Å². The van der Waals surface area contributed by atoms with Crippen LogP contribution in [0.4, 0.5) is 0 Å². The van der Waals surface area contributed by atoms with Crippen LogP contribution >= 0.6 is 0 Å². The molecule has 1 aliphatic rings. The Morgan fingerprint density at radius 3 is 2.71 bits per heavy atom. The molecule has 14 heavy (non-hydrogen) atoms. The van der Waals surface area contributed by atoms with Crippen molar-refractivity contribution in [3.05, 3.63) is 0 Å². The van der Waals surface area contributed by atoms with Gasteiger partial charge in [0.1, 0.15) is 0 Å². The summed E-state index contributed by atoms with van der Waals surface area (Å²) in [5.41, 5.74) is 0.102. The fraction of sp³-hybridized carbons (Fsp3) is 0.900. The molecular formula is C10H19NO3. The highest BCUT2D eigenvalue weighted by Crippen LogP contribution is 2.44. The summed E-state index contributed by atoms with van der Waals surface area (Å²) >= 11 is 0. The van der Waals surface area contributed by atoms with E-state index >= 15 is 0 Å². The van der Waals surface area contributed by atoms with Crippen molar-refractivity contribution in [2.24, 2.45) is 5.41 Å². The first-order chi connectivity index (χ1) is 6.62. The first-order valence-electron chi connectivity index (χ1n) is 5.03. The van der Waals surface area contributed by atoms with Gasteiger partial charge in [-0.1, -0.05) is 0 Å². The summed E-state index contributed by atoms with van der Waals surface area (Å²) in [6.45, 7) is 2.98. The smallest absolute Gasteiger partial charge is 0.307 e. The predicted octanol–water partition coefficient (Wildman–Crippen LogP) is 0.300. The SMILES string of the molecule is COC(=O)CC(C)NCC1(CO)CC1. The molecule has 2 N–H and O–H groups in total. The van der Waals surface area contributed by atoms with Crippen LogP contribution < -0.4 is 5.32 Å². The zero-order valence-corrected chi connectivity index (χ0v) is 8.88. The van der Waals surface area contributed by atoms with E-state index in [0.29, 0.717) is 6.42 Å². The van der Waals surface area contributed by atoms with Crippen molar-refractivity contribution >= 4 is 5.97 Å². The lowest BCUT2D eigenvalue weighted by Crippen LogP contribution is -2.35. The van der Waals surface area contributed by atoms with Crippen LogP contribution in [-0.4, -0.2) is 37.4 Å². The van der Waals surface area contributed by atoms with E-state index in [1.54, 1.807) is 0 Å². The monoisotopic (exact) mass is 201 g/mol. The van der Waals surface area contributed by atoms with Gasteiger partial charge in [-0.05, 0) is 19.8 Å². The molecule has 82 valence electrons. The van der Waals surface area contributed by atoms with Crippen molar-refractivity contribution in [2.75, 3.05) is 20.3 Å². The van der Waals surface area contributed by atoms with Gasteiger partial charge < -0.3 is 15.2 Å². The topological polar surface area (TPSA) is 58.6 Å². The van der Waals surface area contributed by atoms with E-state index in [1.807, 2.05) is 6.92 Å². The maximum absolute atomic E-state index is 10.9. The second-order valence-electron chi connectivity index (χ2n) is 4.22. The first kappa shape index (κ1) is 11.5. The van der Waals surface area contributed by atoms with Gasteiger partial charge in [0.2, 0.25) is 0 Å². The molecule has 0 spiro atoms. The highest BCUT2D eigenvalue weighted by Gasteiger charge is 2.41. The van der Waals surface area contributed by atoms with Crippen molar-refractivity contribution in [3.8, 4) is 0 Å². The maximum atomic E-state index is 10.9. The lowest BCUT2D eigenvalue weighted by Gasteiger charge is -2.17. The number of aliphatic hydroxyl groups is 1. The number of ether oxygens (including phenoxy) is 1. The average Bonchev–Trinajstić information content (AvgIpc) is 2.95. The van der Waals surface area contributed by atoms with Crippen LogP contribution in [0.1, 0.15) is 26.2 Å². The molecule has 1 rings (SSSR count). The average molecular weight is 201 g/mol. The van der Waals surface area contributed by atoms with Gasteiger partial charge in [0, 0.05) is 24.6 Å². The van der Waals surface area contributed by atoms with Crippen molar-refractivity contribution in [1.82, 2.24) is 5.32 Å². The Balaban J connectivity index is 2.14. The van der Waals surface area contributed by atoms with Crippen LogP contribution in [0.15, 0.2) is 0 Å². The van der Waals surface area contributed by atoms with E-state index < -0.39 is 0 Å². The second-order valence-corrected chi connectivity index (χ2v) is 4.22. The third kappa shape index (κ3) is 3.27. The maximum Gasteiger partial charge on any atom is 0.307 e. The number of carbonyl (C=O) groups is 1. The summed E-state index contributed by atoms with van der Waals surface area (Å²) in [5.74, 6) is -0.196. The van der Waals surface area contributed by atoms with Crippen LogP contribution in [0.2, 0.25) is 0 Å². The Hall–Kier alpha value is -0.610. The number of nitrogens with one attached hydrogen (secondary N) is 1. The molecule has 0 aliphatic heterocycles. The Labute approximate surface area is 84.6 Å². The highest BCUT2D eigenvalue weighted by molar-refractivity contribution is 5.69. The minimum atomic E-state index is -0.196. The van der Waals surface area contributed by atoms with E-state index in [9.17, 15) is 4.79 Å². The zero-order chi connectivity index (χ0) is 10.6. The Bertz CT molecular complexity index is 202. The molecule has 0 aromatic carbocycles. The molecule has 0 saturated heterocycles. The molecule has 1 fully saturated rings. The molecule has 0 heterocycles. The fourth-order valence-electron chi connectivity index (χ4n) is 1.36. The molecule has 4 heteroatoms. The Morgan fingerprint density at radius 2 is 2.29 bits per heavy atom. The number of esters is 1. The molecule has 1 atom stereocenters. The van der Waals surface area contributed by atoms with Crippen LogP contribution in [0.3, 0.4) is 0 Å². The van der Waals surface area contributed by atoms with Crippen LogP contribution in [0.25, 0.3) is 0 Å². The molecule has 0 bridgehead atoms. The van der Waals surface area contributed by atoms with Gasteiger partial charge in [-0.15, -0.1) is 0 Å². The number of rotatable bonds is 6. The number of aliphatic hydroxyl groups excluding tert-OH is 1. The molecule has 0 radical (unpaired) electrons. The summed E-state index contributed by atoms with van der Waals surface area (Å²) in [4.78, 5) is 10.9. The van der Waals surface area contributed by atoms with E-state index in [4.69, 9.17) is 5.11 Å². The lowest BCUT2D eigenvalue weighted by molar-refractivity contribution is -0.141. The largest absolute Gasteiger partial charge is 0.469 e. The summed E-state index contributed by atoms with van der Waals surface area (Å²) in [5, 5.41) is 12.3. The van der Waals surface area contributed by atoms with Gasteiger partial charge in [-0.2, -0.15) is 0 Å². The quantitative estimate of drug-likeness (QED) is 0.607. The van der Waals surface area contributed by atoms with Crippen LogP contribution in [0, 0.1) is 5.41 Å². The van der Waals surface area contributed by atoms with Gasteiger partial charge in [0.05, 0.1) is 13.5 Å². The lowest BCUT2D eigenvalue weighted by atomic mass is 10.1. The molecule has 1 aliphatic carbocycles. The van der Waals surface area contributed by atoms with Gasteiger partial charge in [0.25, 0.3) is 0 Å². The molecule has 1 saturated carbocycles. The van der Waals surface area contributed by atoms with Gasteiger partial charge in [0.15, 0.2) is 0 Å². The van der Waals surface area contributed by atoms with E-state index in [-0.39, 0.29) is 24.0 Å². The zero-order valence-electron chi connectivity index (χ0n) is 8.88. The van der Waals surface area contributed by atoms with Crippen molar-refractivity contribution < 1.29 is 14.6 Å². The minimum Gasteiger partial charge on any atom is -0.469 e. The highest BCUT2D eigenvalue weighted by atomic mass is 16.5. The predicted molar refractivity (Wildman–Crippen MR) is 52.9 cm³/mol. The number of methoxy groups -OCH3 is 1. The summed E-state index contributed by atoms with van der Waals surface area (Å²) in [7, 11) is 1.39. The first-order valence-corrected chi connectivity index (χ1v) is 5.03. The minimum absolute atomic E-state index is 0.102. The van der Waals surface area contributed by atoms with Crippen molar-refractivity contribution in [3.63, 3.8) is 0 Å². The van der Waals surface area contributed by atoms with Gasteiger partial charge in [-0.3, -0.25) is 4.79 Å². The van der Waals surface area contributed by atoms with Crippen molar-refractivity contribution in [1.29, 1.82) is 0 Å².